The van der Waals surface area contributed by atoms with Gasteiger partial charge in [-0.3, -0.25) is 4.79 Å². The molecule has 0 bridgehead atoms. The van der Waals surface area contributed by atoms with Crippen molar-refractivity contribution in [1.29, 1.82) is 0 Å². The van der Waals surface area contributed by atoms with E-state index in [1.165, 1.54) is 0 Å². The maximum atomic E-state index is 11.6. The van der Waals surface area contributed by atoms with Gasteiger partial charge in [0, 0.05) is 18.6 Å². The zero-order valence-corrected chi connectivity index (χ0v) is 10.7. The Bertz CT molecular complexity index is 323. The van der Waals surface area contributed by atoms with Crippen molar-refractivity contribution in [2.45, 2.75) is 26.7 Å². The van der Waals surface area contributed by atoms with Gasteiger partial charge >= 0.3 is 0 Å². The SMILES string of the molecule is CCN(CC)CCCC(=O)N[n+]1ccccc1. The molecule has 0 aliphatic heterocycles. The van der Waals surface area contributed by atoms with Gasteiger partial charge in [0.25, 0.3) is 5.91 Å². The standard InChI is InChI=1S/C13H21N3O/c1-3-15(4-2)10-8-9-13(17)14-16-11-6-5-7-12-16/h5-7,11-12H,3-4,8-10H2,1-2H3/p+1. The van der Waals surface area contributed by atoms with Gasteiger partial charge in [0.1, 0.15) is 0 Å². The fourth-order valence-electron chi connectivity index (χ4n) is 1.68. The van der Waals surface area contributed by atoms with Crippen molar-refractivity contribution in [2.24, 2.45) is 0 Å². The molecule has 1 N–H and O–H groups in total. The lowest BCUT2D eigenvalue weighted by Gasteiger charge is -2.16. The molecule has 1 heterocycles. The van der Waals surface area contributed by atoms with E-state index in [0.717, 1.165) is 26.1 Å². The van der Waals surface area contributed by atoms with E-state index >= 15 is 0 Å². The van der Waals surface area contributed by atoms with Crippen LogP contribution in [0.1, 0.15) is 26.7 Å². The Balaban J connectivity index is 2.22. The summed E-state index contributed by atoms with van der Waals surface area (Å²) in [7, 11) is 0. The van der Waals surface area contributed by atoms with E-state index in [4.69, 9.17) is 0 Å². The molecular weight excluding hydrogens is 214 g/mol. The summed E-state index contributed by atoms with van der Waals surface area (Å²) in [5.41, 5.74) is 2.81. The van der Waals surface area contributed by atoms with Crippen LogP contribution in [-0.2, 0) is 4.79 Å². The molecule has 0 saturated heterocycles. The summed E-state index contributed by atoms with van der Waals surface area (Å²) in [4.78, 5) is 13.9. The predicted octanol–water partition coefficient (Wildman–Crippen LogP) is 1.17. The van der Waals surface area contributed by atoms with Crippen LogP contribution in [0.25, 0.3) is 0 Å². The van der Waals surface area contributed by atoms with Gasteiger partial charge < -0.3 is 4.90 Å². The number of nitrogens with zero attached hydrogens (tertiary/aromatic N) is 2. The number of carbonyl (C=O) groups excluding carboxylic acids is 1. The summed E-state index contributed by atoms with van der Waals surface area (Å²) >= 11 is 0. The molecule has 0 unspecified atom stereocenters. The number of aromatic nitrogens is 1. The fourth-order valence-corrected chi connectivity index (χ4v) is 1.68. The van der Waals surface area contributed by atoms with Crippen LogP contribution in [0.5, 0.6) is 0 Å². The van der Waals surface area contributed by atoms with Gasteiger partial charge in [0.2, 0.25) is 0 Å². The number of nitrogens with one attached hydrogen (secondary N) is 1. The first-order chi connectivity index (χ1) is 8.26. The van der Waals surface area contributed by atoms with Crippen LogP contribution >= 0.6 is 0 Å². The molecule has 0 radical (unpaired) electrons. The van der Waals surface area contributed by atoms with Gasteiger partial charge in [-0.05, 0) is 26.1 Å². The number of pyridine rings is 1. The van der Waals surface area contributed by atoms with E-state index in [2.05, 4.69) is 24.2 Å². The molecule has 94 valence electrons. The highest BCUT2D eigenvalue weighted by Crippen LogP contribution is 1.94. The minimum absolute atomic E-state index is 0.0633. The van der Waals surface area contributed by atoms with E-state index in [-0.39, 0.29) is 5.91 Å². The van der Waals surface area contributed by atoms with E-state index < -0.39 is 0 Å². The average molecular weight is 236 g/mol. The third-order valence-corrected chi connectivity index (χ3v) is 2.74. The van der Waals surface area contributed by atoms with Gasteiger partial charge in [-0.1, -0.05) is 24.6 Å². The van der Waals surface area contributed by atoms with Gasteiger partial charge in [-0.15, -0.1) is 5.43 Å². The van der Waals surface area contributed by atoms with Crippen molar-refractivity contribution in [3.05, 3.63) is 30.6 Å². The first kappa shape index (κ1) is 13.6. The van der Waals surface area contributed by atoms with Crippen molar-refractivity contribution < 1.29 is 9.47 Å². The highest BCUT2D eigenvalue weighted by atomic mass is 16.2. The molecule has 1 amide bonds. The van der Waals surface area contributed by atoms with Crippen LogP contribution in [0.2, 0.25) is 0 Å². The van der Waals surface area contributed by atoms with Crippen molar-refractivity contribution in [2.75, 3.05) is 25.1 Å². The normalized spacial score (nSPS) is 10.5. The highest BCUT2D eigenvalue weighted by Gasteiger charge is 2.07. The smallest absolute Gasteiger partial charge is 0.274 e. The number of hydrogen-bond acceptors (Lipinski definition) is 2. The third-order valence-electron chi connectivity index (χ3n) is 2.74. The second kappa shape index (κ2) is 7.79. The summed E-state index contributed by atoms with van der Waals surface area (Å²) in [5, 5.41) is 0. The molecule has 17 heavy (non-hydrogen) atoms. The van der Waals surface area contributed by atoms with Crippen molar-refractivity contribution in [1.82, 2.24) is 4.90 Å². The zero-order valence-electron chi connectivity index (χ0n) is 10.7. The first-order valence-corrected chi connectivity index (χ1v) is 6.24. The average Bonchev–Trinajstić information content (AvgIpc) is 2.36. The first-order valence-electron chi connectivity index (χ1n) is 6.24. The molecule has 0 fully saturated rings. The monoisotopic (exact) mass is 236 g/mol. The molecule has 0 aliphatic carbocycles. The predicted molar refractivity (Wildman–Crippen MR) is 68.0 cm³/mol. The minimum atomic E-state index is 0.0633. The number of carbonyl (C=O) groups is 1. The maximum Gasteiger partial charge on any atom is 0.274 e. The van der Waals surface area contributed by atoms with E-state index in [9.17, 15) is 4.79 Å². The van der Waals surface area contributed by atoms with Crippen molar-refractivity contribution in [3.8, 4) is 0 Å². The Labute approximate surface area is 103 Å². The topological polar surface area (TPSA) is 36.2 Å². The third kappa shape index (κ3) is 5.45. The van der Waals surface area contributed by atoms with Gasteiger partial charge in [-0.25, -0.2) is 0 Å². The maximum absolute atomic E-state index is 11.6. The second-order valence-electron chi connectivity index (χ2n) is 3.95. The summed E-state index contributed by atoms with van der Waals surface area (Å²) in [5.74, 6) is 0.0633. The van der Waals surface area contributed by atoms with Gasteiger partial charge in [-0.2, -0.15) is 0 Å². The van der Waals surface area contributed by atoms with E-state index in [0.29, 0.717) is 6.42 Å². The molecule has 4 heteroatoms. The number of hydrogen-bond donors (Lipinski definition) is 1. The highest BCUT2D eigenvalue weighted by molar-refractivity contribution is 5.81. The Morgan fingerprint density at radius 1 is 1.18 bits per heavy atom. The van der Waals surface area contributed by atoms with Crippen molar-refractivity contribution >= 4 is 5.91 Å². The van der Waals surface area contributed by atoms with Gasteiger partial charge in [0.05, 0.1) is 0 Å². The summed E-state index contributed by atoms with van der Waals surface area (Å²) < 4.78 is 1.68. The molecular formula is C13H22N3O+. The lowest BCUT2D eigenvalue weighted by Crippen LogP contribution is -2.47. The molecule has 0 saturated carbocycles. The minimum Gasteiger partial charge on any atom is -0.304 e. The fraction of sp³-hybridized carbons (Fsp3) is 0.538. The molecule has 1 aromatic rings. The molecule has 0 aromatic carbocycles. The second-order valence-corrected chi connectivity index (χ2v) is 3.95. The largest absolute Gasteiger partial charge is 0.304 e. The van der Waals surface area contributed by atoms with Crippen molar-refractivity contribution in [3.63, 3.8) is 0 Å². The Kier molecular flexibility index (Phi) is 6.25. The summed E-state index contributed by atoms with van der Waals surface area (Å²) in [6.45, 7) is 7.36. The molecule has 0 aliphatic rings. The molecule has 0 atom stereocenters. The molecule has 4 nitrogen and oxygen atoms in total. The zero-order chi connectivity index (χ0) is 12.5. The Morgan fingerprint density at radius 3 is 2.41 bits per heavy atom. The van der Waals surface area contributed by atoms with Crippen LogP contribution in [0.3, 0.4) is 0 Å². The van der Waals surface area contributed by atoms with Crippen LogP contribution in [0.4, 0.5) is 0 Å². The Morgan fingerprint density at radius 2 is 1.82 bits per heavy atom. The summed E-state index contributed by atoms with van der Waals surface area (Å²) in [6.07, 6.45) is 5.11. The van der Waals surface area contributed by atoms with Gasteiger partial charge in [0.15, 0.2) is 12.4 Å². The lowest BCUT2D eigenvalue weighted by atomic mass is 10.3. The molecule has 1 aromatic heterocycles. The van der Waals surface area contributed by atoms with Crippen LogP contribution in [-0.4, -0.2) is 30.4 Å². The van der Waals surface area contributed by atoms with Crippen LogP contribution in [0.15, 0.2) is 30.6 Å². The number of rotatable bonds is 7. The molecule has 1 rings (SSSR count). The van der Waals surface area contributed by atoms with E-state index in [1.54, 1.807) is 4.68 Å². The quantitative estimate of drug-likeness (QED) is 0.721. The summed E-state index contributed by atoms with van der Waals surface area (Å²) in [6, 6.07) is 5.69. The van der Waals surface area contributed by atoms with Crippen LogP contribution in [0, 0.1) is 0 Å². The van der Waals surface area contributed by atoms with E-state index in [1.807, 2.05) is 30.6 Å². The Hall–Kier alpha value is -1.42. The number of amides is 1. The molecule has 0 spiro atoms. The lowest BCUT2D eigenvalue weighted by molar-refractivity contribution is -0.642. The van der Waals surface area contributed by atoms with Crippen LogP contribution < -0.4 is 10.1 Å².